The maximum atomic E-state index is 13.0. The number of aryl methyl sites for hydroxylation is 2. The highest BCUT2D eigenvalue weighted by atomic mass is 16.2. The first-order chi connectivity index (χ1) is 11.6. The van der Waals surface area contributed by atoms with E-state index in [9.17, 15) is 4.79 Å². The molecule has 1 saturated carbocycles. The van der Waals surface area contributed by atoms with E-state index in [4.69, 9.17) is 0 Å². The number of carbonyl (C=O) groups is 1. The van der Waals surface area contributed by atoms with Crippen molar-refractivity contribution in [2.75, 3.05) is 6.54 Å². The molecule has 2 aromatic heterocycles. The van der Waals surface area contributed by atoms with Gasteiger partial charge in [0.05, 0.1) is 25.0 Å². The predicted molar refractivity (Wildman–Crippen MR) is 90.4 cm³/mol. The zero-order chi connectivity index (χ0) is 16.7. The van der Waals surface area contributed by atoms with Gasteiger partial charge in [0.15, 0.2) is 0 Å². The van der Waals surface area contributed by atoms with Crippen LogP contribution in [-0.4, -0.2) is 43.0 Å². The van der Waals surface area contributed by atoms with E-state index in [0.29, 0.717) is 11.8 Å². The molecule has 0 spiro atoms. The lowest BCUT2D eigenvalue weighted by Gasteiger charge is -2.36. The Hall–Kier alpha value is -2.11. The number of likely N-dealkylation sites (tertiary alicyclic amines) is 1. The van der Waals surface area contributed by atoms with Gasteiger partial charge >= 0.3 is 0 Å². The van der Waals surface area contributed by atoms with Gasteiger partial charge in [-0.1, -0.05) is 0 Å². The summed E-state index contributed by atoms with van der Waals surface area (Å²) in [5.41, 5.74) is 2.37. The molecule has 1 amide bonds. The molecule has 2 aromatic rings. The maximum absolute atomic E-state index is 13.0. The van der Waals surface area contributed by atoms with Crippen molar-refractivity contribution in [3.8, 4) is 0 Å². The second-order valence-corrected chi connectivity index (χ2v) is 7.32. The molecule has 4 rings (SSSR count). The Morgan fingerprint density at radius 3 is 2.83 bits per heavy atom. The Balaban J connectivity index is 1.44. The van der Waals surface area contributed by atoms with E-state index in [0.717, 1.165) is 32.4 Å². The summed E-state index contributed by atoms with van der Waals surface area (Å²) < 4.78 is 3.80. The van der Waals surface area contributed by atoms with Crippen LogP contribution in [0.1, 0.15) is 42.7 Å². The van der Waals surface area contributed by atoms with Gasteiger partial charge in [0.2, 0.25) is 5.91 Å². The summed E-state index contributed by atoms with van der Waals surface area (Å²) in [6.07, 6.45) is 12.2. The van der Waals surface area contributed by atoms with Gasteiger partial charge in [0.1, 0.15) is 0 Å². The molecule has 6 nitrogen and oxygen atoms in total. The van der Waals surface area contributed by atoms with Gasteiger partial charge in [-0.25, -0.2) is 0 Å². The largest absolute Gasteiger partial charge is 0.338 e. The van der Waals surface area contributed by atoms with E-state index in [-0.39, 0.29) is 12.0 Å². The zero-order valence-electron chi connectivity index (χ0n) is 14.4. The number of piperidine rings is 1. The van der Waals surface area contributed by atoms with Crippen molar-refractivity contribution in [2.45, 2.75) is 51.1 Å². The standard InChI is InChI=1S/C18H25N5O/c1-13-8-20-22(10-13)12-15-5-3-4-6-23(15)18(24)17-7-16(17)14-9-19-21(2)11-14/h8-11,15-17H,3-7,12H2,1-2H3. The lowest BCUT2D eigenvalue weighted by atomic mass is 10.0. The number of hydrogen-bond acceptors (Lipinski definition) is 3. The monoisotopic (exact) mass is 327 g/mol. The van der Waals surface area contributed by atoms with Crippen LogP contribution in [0.5, 0.6) is 0 Å². The van der Waals surface area contributed by atoms with Crippen molar-refractivity contribution in [1.29, 1.82) is 0 Å². The summed E-state index contributed by atoms with van der Waals surface area (Å²) in [5.74, 6) is 0.840. The fourth-order valence-corrected chi connectivity index (χ4v) is 3.94. The van der Waals surface area contributed by atoms with Crippen LogP contribution in [0.3, 0.4) is 0 Å². The van der Waals surface area contributed by atoms with Crippen LogP contribution in [0.4, 0.5) is 0 Å². The first-order valence-electron chi connectivity index (χ1n) is 8.90. The summed E-state index contributed by atoms with van der Waals surface area (Å²) in [7, 11) is 1.93. The topological polar surface area (TPSA) is 56.0 Å². The van der Waals surface area contributed by atoms with Crippen LogP contribution in [0, 0.1) is 12.8 Å². The minimum atomic E-state index is 0.147. The highest BCUT2D eigenvalue weighted by molar-refractivity contribution is 5.83. The summed E-state index contributed by atoms with van der Waals surface area (Å²) in [5, 5.41) is 8.63. The summed E-state index contributed by atoms with van der Waals surface area (Å²) >= 11 is 0. The number of carbonyl (C=O) groups excluding carboxylic acids is 1. The fraction of sp³-hybridized carbons (Fsp3) is 0.611. The molecule has 1 saturated heterocycles. The van der Waals surface area contributed by atoms with Gasteiger partial charge < -0.3 is 4.90 Å². The number of amides is 1. The normalized spacial score (nSPS) is 26.6. The van der Waals surface area contributed by atoms with Gasteiger partial charge in [0.25, 0.3) is 0 Å². The number of nitrogens with zero attached hydrogens (tertiary/aromatic N) is 5. The average Bonchev–Trinajstić information content (AvgIpc) is 3.09. The molecule has 0 aromatic carbocycles. The molecule has 1 aliphatic heterocycles. The number of rotatable bonds is 4. The quantitative estimate of drug-likeness (QED) is 0.864. The van der Waals surface area contributed by atoms with Gasteiger partial charge in [-0.05, 0) is 49.7 Å². The summed E-state index contributed by atoms with van der Waals surface area (Å²) in [6.45, 7) is 3.75. The number of hydrogen-bond donors (Lipinski definition) is 0. The second kappa shape index (κ2) is 6.07. The first kappa shape index (κ1) is 15.4. The molecular weight excluding hydrogens is 302 g/mol. The lowest BCUT2D eigenvalue weighted by Crippen LogP contribution is -2.46. The van der Waals surface area contributed by atoms with Crippen LogP contribution in [0.25, 0.3) is 0 Å². The minimum absolute atomic E-state index is 0.147. The first-order valence-corrected chi connectivity index (χ1v) is 8.90. The summed E-state index contributed by atoms with van der Waals surface area (Å²) in [4.78, 5) is 15.2. The van der Waals surface area contributed by atoms with Crippen LogP contribution in [-0.2, 0) is 18.4 Å². The SMILES string of the molecule is Cc1cnn(CC2CCCCN2C(=O)C2CC2c2cnn(C)c2)c1. The van der Waals surface area contributed by atoms with Gasteiger partial charge in [0, 0.05) is 31.9 Å². The molecule has 3 atom stereocenters. The van der Waals surface area contributed by atoms with E-state index in [1.807, 2.05) is 35.0 Å². The van der Waals surface area contributed by atoms with Gasteiger partial charge in [-0.2, -0.15) is 10.2 Å². The van der Waals surface area contributed by atoms with Crippen molar-refractivity contribution in [1.82, 2.24) is 24.5 Å². The van der Waals surface area contributed by atoms with Crippen LogP contribution < -0.4 is 0 Å². The smallest absolute Gasteiger partial charge is 0.226 e. The van der Waals surface area contributed by atoms with Crippen molar-refractivity contribution in [2.24, 2.45) is 13.0 Å². The molecule has 6 heteroatoms. The Morgan fingerprint density at radius 1 is 1.25 bits per heavy atom. The Morgan fingerprint density at radius 2 is 2.12 bits per heavy atom. The molecule has 3 heterocycles. The lowest BCUT2D eigenvalue weighted by molar-refractivity contribution is -0.136. The second-order valence-electron chi connectivity index (χ2n) is 7.32. The molecule has 1 aliphatic carbocycles. The van der Waals surface area contributed by atoms with E-state index >= 15 is 0 Å². The van der Waals surface area contributed by atoms with Gasteiger partial charge in [-0.15, -0.1) is 0 Å². The van der Waals surface area contributed by atoms with Crippen LogP contribution in [0.2, 0.25) is 0 Å². The van der Waals surface area contributed by atoms with Gasteiger partial charge in [-0.3, -0.25) is 14.2 Å². The Labute approximate surface area is 142 Å². The van der Waals surface area contributed by atoms with E-state index in [1.165, 1.54) is 17.5 Å². The Bertz CT molecular complexity index is 733. The molecule has 2 aliphatic rings. The van der Waals surface area contributed by atoms with E-state index in [1.54, 1.807) is 0 Å². The summed E-state index contributed by atoms with van der Waals surface area (Å²) in [6, 6.07) is 0.278. The van der Waals surface area contributed by atoms with Crippen LogP contribution in [0.15, 0.2) is 24.8 Å². The zero-order valence-corrected chi connectivity index (χ0v) is 14.4. The third-order valence-electron chi connectivity index (χ3n) is 5.33. The van der Waals surface area contributed by atoms with E-state index < -0.39 is 0 Å². The third-order valence-corrected chi connectivity index (χ3v) is 5.33. The Kier molecular flexibility index (Phi) is 3.90. The molecule has 0 bridgehead atoms. The molecule has 0 radical (unpaired) electrons. The van der Waals surface area contributed by atoms with Crippen molar-refractivity contribution < 1.29 is 4.79 Å². The maximum Gasteiger partial charge on any atom is 0.226 e. The average molecular weight is 327 g/mol. The highest BCUT2D eigenvalue weighted by Crippen LogP contribution is 2.48. The predicted octanol–water partition coefficient (Wildman–Crippen LogP) is 2.11. The highest BCUT2D eigenvalue weighted by Gasteiger charge is 2.47. The molecule has 0 N–H and O–H groups in total. The molecule has 128 valence electrons. The fourth-order valence-electron chi connectivity index (χ4n) is 3.94. The molecular formula is C18H25N5O. The van der Waals surface area contributed by atoms with Crippen molar-refractivity contribution >= 4 is 5.91 Å². The van der Waals surface area contributed by atoms with Crippen molar-refractivity contribution in [3.63, 3.8) is 0 Å². The van der Waals surface area contributed by atoms with Crippen molar-refractivity contribution in [3.05, 3.63) is 35.9 Å². The molecule has 3 unspecified atom stereocenters. The number of aromatic nitrogens is 4. The minimum Gasteiger partial charge on any atom is -0.338 e. The molecule has 2 fully saturated rings. The van der Waals surface area contributed by atoms with Crippen LogP contribution >= 0.6 is 0 Å². The van der Waals surface area contributed by atoms with E-state index in [2.05, 4.69) is 28.2 Å². The third kappa shape index (κ3) is 2.97. The molecule has 24 heavy (non-hydrogen) atoms.